The molecule has 0 bridgehead atoms. The lowest BCUT2D eigenvalue weighted by molar-refractivity contribution is 0.0662. The highest BCUT2D eigenvalue weighted by Gasteiger charge is 2.18. The maximum absolute atomic E-state index is 12.4. The van der Waals surface area contributed by atoms with Crippen molar-refractivity contribution in [2.24, 2.45) is 5.73 Å². The zero-order chi connectivity index (χ0) is 15.2. The van der Waals surface area contributed by atoms with E-state index in [1.807, 2.05) is 30.1 Å². The van der Waals surface area contributed by atoms with Crippen LogP contribution in [-0.2, 0) is 0 Å². The van der Waals surface area contributed by atoms with Gasteiger partial charge in [0.05, 0.1) is 12.1 Å². The third-order valence-corrected chi connectivity index (χ3v) is 3.51. The number of amides is 1. The summed E-state index contributed by atoms with van der Waals surface area (Å²) in [5, 5.41) is 1.96. The topological polar surface area (TPSA) is 61.6 Å². The van der Waals surface area contributed by atoms with Crippen LogP contribution in [0.3, 0.4) is 0 Å². The van der Waals surface area contributed by atoms with Gasteiger partial charge in [-0.3, -0.25) is 10.2 Å². The first kappa shape index (κ1) is 15.5. The molecular formula is C16H22N4O. The summed E-state index contributed by atoms with van der Waals surface area (Å²) in [7, 11) is 2.08. The van der Waals surface area contributed by atoms with E-state index in [-0.39, 0.29) is 12.5 Å². The minimum atomic E-state index is -0.110. The molecule has 1 heterocycles. The number of nitrogens with one attached hydrogen (secondary N) is 1. The van der Waals surface area contributed by atoms with Crippen LogP contribution in [0.15, 0.2) is 18.2 Å². The minimum Gasteiger partial charge on any atom is -0.320 e. The Kier molecular flexibility index (Phi) is 5.34. The molecule has 21 heavy (non-hydrogen) atoms. The molecule has 0 aromatic heterocycles. The van der Waals surface area contributed by atoms with Crippen LogP contribution in [-0.4, -0.2) is 55.6 Å². The summed E-state index contributed by atoms with van der Waals surface area (Å²) < 4.78 is 0. The number of nitrogens with zero attached hydrogens (tertiary/aromatic N) is 2. The highest BCUT2D eigenvalue weighted by molar-refractivity contribution is 5.96. The molecule has 2 rings (SSSR count). The number of hydrogen-bond donors (Lipinski definition) is 2. The zero-order valence-corrected chi connectivity index (χ0v) is 12.6. The largest absolute Gasteiger partial charge is 0.320 e. The van der Waals surface area contributed by atoms with E-state index in [1.165, 1.54) is 0 Å². The number of carbonyl (C=O) groups excluding carboxylic acids is 1. The van der Waals surface area contributed by atoms with Gasteiger partial charge >= 0.3 is 0 Å². The SMILES string of the molecule is Cc1ccc(C(=O)NN2CCN(C)CC2)c(C#CCN)c1. The third kappa shape index (κ3) is 4.30. The second-order valence-electron chi connectivity index (χ2n) is 5.29. The van der Waals surface area contributed by atoms with Crippen LogP contribution in [0.1, 0.15) is 21.5 Å². The molecule has 0 radical (unpaired) electrons. The number of hydrogen-bond acceptors (Lipinski definition) is 4. The molecule has 1 saturated heterocycles. The zero-order valence-electron chi connectivity index (χ0n) is 12.6. The van der Waals surface area contributed by atoms with Gasteiger partial charge in [-0.25, -0.2) is 5.01 Å². The quantitative estimate of drug-likeness (QED) is 0.762. The normalized spacial score (nSPS) is 16.1. The molecule has 1 aliphatic rings. The smallest absolute Gasteiger partial charge is 0.266 e. The molecular weight excluding hydrogens is 264 g/mol. The van der Waals surface area contributed by atoms with E-state index < -0.39 is 0 Å². The monoisotopic (exact) mass is 286 g/mol. The number of nitrogens with two attached hydrogens (primary N) is 1. The fourth-order valence-electron chi connectivity index (χ4n) is 2.23. The van der Waals surface area contributed by atoms with Gasteiger partial charge in [-0.1, -0.05) is 17.9 Å². The molecule has 0 atom stereocenters. The molecule has 1 amide bonds. The number of hydrazine groups is 1. The lowest BCUT2D eigenvalue weighted by Crippen LogP contribution is -2.52. The Morgan fingerprint density at radius 2 is 2.05 bits per heavy atom. The second-order valence-corrected chi connectivity index (χ2v) is 5.29. The van der Waals surface area contributed by atoms with Gasteiger partial charge in [0, 0.05) is 31.7 Å². The van der Waals surface area contributed by atoms with Crippen LogP contribution in [0.2, 0.25) is 0 Å². The number of rotatable bonds is 2. The van der Waals surface area contributed by atoms with Crippen molar-refractivity contribution < 1.29 is 4.79 Å². The first-order chi connectivity index (χ1) is 10.1. The molecule has 1 aromatic carbocycles. The molecule has 0 saturated carbocycles. The Morgan fingerprint density at radius 3 is 2.71 bits per heavy atom. The summed E-state index contributed by atoms with van der Waals surface area (Å²) in [6.45, 7) is 5.83. The van der Waals surface area contributed by atoms with Crippen LogP contribution in [0.4, 0.5) is 0 Å². The fourth-order valence-corrected chi connectivity index (χ4v) is 2.23. The maximum atomic E-state index is 12.4. The third-order valence-electron chi connectivity index (χ3n) is 3.51. The van der Waals surface area contributed by atoms with Gasteiger partial charge in [-0.15, -0.1) is 0 Å². The van der Waals surface area contributed by atoms with Gasteiger partial charge in [0.1, 0.15) is 0 Å². The predicted octanol–water partition coefficient (Wildman–Crippen LogP) is 0.197. The van der Waals surface area contributed by atoms with Crippen LogP contribution >= 0.6 is 0 Å². The van der Waals surface area contributed by atoms with Gasteiger partial charge in [-0.2, -0.15) is 0 Å². The van der Waals surface area contributed by atoms with E-state index in [2.05, 4.69) is 29.2 Å². The second kappa shape index (κ2) is 7.23. The minimum absolute atomic E-state index is 0.110. The fraction of sp³-hybridized carbons (Fsp3) is 0.438. The number of piperazine rings is 1. The molecule has 3 N–H and O–H groups in total. The summed E-state index contributed by atoms with van der Waals surface area (Å²) in [6, 6.07) is 5.66. The average molecular weight is 286 g/mol. The van der Waals surface area contributed by atoms with E-state index in [9.17, 15) is 4.79 Å². The molecule has 0 unspecified atom stereocenters. The first-order valence-electron chi connectivity index (χ1n) is 7.14. The molecule has 1 aliphatic heterocycles. The van der Waals surface area contributed by atoms with Gasteiger partial charge in [0.25, 0.3) is 5.91 Å². The van der Waals surface area contributed by atoms with Crippen LogP contribution in [0, 0.1) is 18.8 Å². The Bertz CT molecular complexity index is 565. The Hall–Kier alpha value is -1.87. The van der Waals surface area contributed by atoms with Crippen LogP contribution < -0.4 is 11.2 Å². The molecule has 1 aromatic rings. The molecule has 0 aliphatic carbocycles. The highest BCUT2D eigenvalue weighted by atomic mass is 16.2. The number of likely N-dealkylation sites (N-methyl/N-ethyl adjacent to an activating group) is 1. The molecule has 5 nitrogen and oxygen atoms in total. The van der Waals surface area contributed by atoms with E-state index in [0.29, 0.717) is 5.56 Å². The summed E-state index contributed by atoms with van der Waals surface area (Å²) in [6.07, 6.45) is 0. The van der Waals surface area contributed by atoms with Crippen LogP contribution in [0.25, 0.3) is 0 Å². The van der Waals surface area contributed by atoms with Crippen molar-refractivity contribution in [1.82, 2.24) is 15.3 Å². The number of carbonyl (C=O) groups is 1. The van der Waals surface area contributed by atoms with Crippen molar-refractivity contribution >= 4 is 5.91 Å². The molecule has 5 heteroatoms. The Labute approximate surface area is 126 Å². The van der Waals surface area contributed by atoms with Gasteiger partial charge in [0.15, 0.2) is 0 Å². The average Bonchev–Trinajstić information content (AvgIpc) is 2.47. The molecule has 1 fully saturated rings. The summed E-state index contributed by atoms with van der Waals surface area (Å²) in [5.74, 6) is 5.68. The van der Waals surface area contributed by atoms with Gasteiger partial charge in [-0.05, 0) is 31.7 Å². The first-order valence-corrected chi connectivity index (χ1v) is 7.14. The standard InChI is InChI=1S/C16H22N4O/c1-13-5-6-15(14(12-13)4-3-7-17)16(21)18-20-10-8-19(2)9-11-20/h5-6,12H,7-11,17H2,1-2H3,(H,18,21). The summed E-state index contributed by atoms with van der Waals surface area (Å²) in [4.78, 5) is 14.7. The van der Waals surface area contributed by atoms with E-state index in [4.69, 9.17) is 5.73 Å². The Balaban J connectivity index is 2.11. The Morgan fingerprint density at radius 1 is 1.33 bits per heavy atom. The van der Waals surface area contributed by atoms with Crippen molar-refractivity contribution in [3.63, 3.8) is 0 Å². The van der Waals surface area contributed by atoms with Crippen molar-refractivity contribution in [2.45, 2.75) is 6.92 Å². The highest BCUT2D eigenvalue weighted by Crippen LogP contribution is 2.11. The summed E-state index contributed by atoms with van der Waals surface area (Å²) >= 11 is 0. The van der Waals surface area contributed by atoms with Crippen molar-refractivity contribution in [1.29, 1.82) is 0 Å². The molecule has 112 valence electrons. The molecule has 0 spiro atoms. The van der Waals surface area contributed by atoms with E-state index in [0.717, 1.165) is 37.3 Å². The van der Waals surface area contributed by atoms with E-state index in [1.54, 1.807) is 0 Å². The summed E-state index contributed by atoms with van der Waals surface area (Å²) in [5.41, 5.74) is 10.8. The maximum Gasteiger partial charge on any atom is 0.266 e. The number of aryl methyl sites for hydroxylation is 1. The van der Waals surface area contributed by atoms with E-state index >= 15 is 0 Å². The predicted molar refractivity (Wildman–Crippen MR) is 83.6 cm³/mol. The van der Waals surface area contributed by atoms with Crippen molar-refractivity contribution in [2.75, 3.05) is 39.8 Å². The number of benzene rings is 1. The van der Waals surface area contributed by atoms with Gasteiger partial charge in [0.2, 0.25) is 0 Å². The van der Waals surface area contributed by atoms with Crippen LogP contribution in [0.5, 0.6) is 0 Å². The lowest BCUT2D eigenvalue weighted by atomic mass is 10.0. The lowest BCUT2D eigenvalue weighted by Gasteiger charge is -2.32. The van der Waals surface area contributed by atoms with Gasteiger partial charge < -0.3 is 10.6 Å². The van der Waals surface area contributed by atoms with Crippen molar-refractivity contribution in [3.05, 3.63) is 34.9 Å². The van der Waals surface area contributed by atoms with Crippen molar-refractivity contribution in [3.8, 4) is 11.8 Å².